The third kappa shape index (κ3) is 2.79. The normalized spacial score (nSPS) is 10.7. The van der Waals surface area contributed by atoms with Crippen LogP contribution in [0.2, 0.25) is 0 Å². The summed E-state index contributed by atoms with van der Waals surface area (Å²) in [6.45, 7) is 3.58. The van der Waals surface area contributed by atoms with E-state index in [4.69, 9.17) is 0 Å². The lowest BCUT2D eigenvalue weighted by Crippen LogP contribution is -2.09. The van der Waals surface area contributed by atoms with E-state index in [2.05, 4.69) is 21.8 Å². The van der Waals surface area contributed by atoms with Gasteiger partial charge < -0.3 is 9.88 Å². The minimum atomic E-state index is 0.0520. The van der Waals surface area contributed by atoms with Gasteiger partial charge in [-0.1, -0.05) is 12.1 Å². The summed E-state index contributed by atoms with van der Waals surface area (Å²) in [7, 11) is 0. The highest BCUT2D eigenvalue weighted by molar-refractivity contribution is 5.78. The second kappa shape index (κ2) is 5.79. The molecule has 0 fully saturated rings. The van der Waals surface area contributed by atoms with Crippen LogP contribution in [0, 0.1) is 0 Å². The fraction of sp³-hybridized carbons (Fsp3) is 0.176. The minimum Gasteiger partial charge on any atom is -0.385 e. The molecular weight excluding hydrogens is 262 g/mol. The average molecular weight is 279 g/mol. The van der Waals surface area contributed by atoms with Gasteiger partial charge in [0.25, 0.3) is 0 Å². The number of rotatable bonds is 4. The maximum absolute atomic E-state index is 11.9. The summed E-state index contributed by atoms with van der Waals surface area (Å²) < 4.78 is 2.05. The van der Waals surface area contributed by atoms with Gasteiger partial charge in [-0.05, 0) is 31.2 Å². The molecule has 0 bridgehead atoms. The fourth-order valence-corrected chi connectivity index (χ4v) is 2.45. The summed E-state index contributed by atoms with van der Waals surface area (Å²) in [5.74, 6) is 0. The van der Waals surface area contributed by atoms with Crippen LogP contribution in [0.1, 0.15) is 12.6 Å². The van der Waals surface area contributed by atoms with Crippen LogP contribution in [0.15, 0.2) is 59.7 Å². The topological polar surface area (TPSA) is 46.9 Å². The molecular formula is C17H17N3O. The summed E-state index contributed by atoms with van der Waals surface area (Å²) in [6.07, 6.45) is 3.63. The van der Waals surface area contributed by atoms with E-state index in [0.29, 0.717) is 6.54 Å². The Labute approximate surface area is 123 Å². The molecule has 0 atom stereocenters. The van der Waals surface area contributed by atoms with Gasteiger partial charge in [0.15, 0.2) is 5.43 Å². The van der Waals surface area contributed by atoms with E-state index in [-0.39, 0.29) is 5.43 Å². The molecule has 2 heterocycles. The van der Waals surface area contributed by atoms with Crippen molar-refractivity contribution in [2.75, 3.05) is 11.9 Å². The maximum Gasteiger partial charge on any atom is 0.189 e. The van der Waals surface area contributed by atoms with Gasteiger partial charge in [0, 0.05) is 36.1 Å². The second-order valence-electron chi connectivity index (χ2n) is 4.89. The predicted octanol–water partition coefficient (Wildman–Crippen LogP) is 2.88. The van der Waals surface area contributed by atoms with E-state index < -0.39 is 0 Å². The third-order valence-electron chi connectivity index (χ3n) is 3.41. The Morgan fingerprint density at radius 2 is 2.05 bits per heavy atom. The number of fused-ring (bicyclic) bond motifs is 1. The summed E-state index contributed by atoms with van der Waals surface area (Å²) in [5, 5.41) is 4.02. The van der Waals surface area contributed by atoms with Gasteiger partial charge in [0.2, 0.25) is 0 Å². The Morgan fingerprint density at radius 1 is 1.19 bits per heavy atom. The number of hydrogen-bond donors (Lipinski definition) is 1. The summed E-state index contributed by atoms with van der Waals surface area (Å²) in [4.78, 5) is 16.3. The van der Waals surface area contributed by atoms with Crippen molar-refractivity contribution in [3.63, 3.8) is 0 Å². The van der Waals surface area contributed by atoms with E-state index in [1.165, 1.54) is 0 Å². The molecule has 0 aliphatic carbocycles. The predicted molar refractivity (Wildman–Crippen MR) is 85.7 cm³/mol. The lowest BCUT2D eigenvalue weighted by molar-refractivity contribution is 0.798. The minimum absolute atomic E-state index is 0.0520. The van der Waals surface area contributed by atoms with Gasteiger partial charge in [-0.3, -0.25) is 9.78 Å². The van der Waals surface area contributed by atoms with E-state index in [1.807, 2.05) is 42.6 Å². The first-order valence-electron chi connectivity index (χ1n) is 7.05. The van der Waals surface area contributed by atoms with Crippen LogP contribution in [0.4, 0.5) is 5.69 Å². The number of pyridine rings is 2. The molecule has 1 aromatic carbocycles. The van der Waals surface area contributed by atoms with Crippen LogP contribution in [0.3, 0.4) is 0 Å². The van der Waals surface area contributed by atoms with Gasteiger partial charge in [0.1, 0.15) is 0 Å². The Hall–Kier alpha value is -2.62. The van der Waals surface area contributed by atoms with Crippen molar-refractivity contribution in [3.8, 4) is 0 Å². The molecule has 0 saturated carbocycles. The molecule has 3 rings (SSSR count). The van der Waals surface area contributed by atoms with Crippen molar-refractivity contribution in [2.45, 2.75) is 13.5 Å². The SMILES string of the molecule is CCNc1ccnc(Cn2ccc(=O)c3ccccc32)c1. The summed E-state index contributed by atoms with van der Waals surface area (Å²) in [5.41, 5.74) is 3.01. The van der Waals surface area contributed by atoms with Crippen LogP contribution in [0.25, 0.3) is 10.9 Å². The molecule has 21 heavy (non-hydrogen) atoms. The average Bonchev–Trinajstić information content (AvgIpc) is 2.51. The first-order chi connectivity index (χ1) is 10.3. The monoisotopic (exact) mass is 279 g/mol. The molecule has 3 aromatic rings. The zero-order valence-corrected chi connectivity index (χ0v) is 11.9. The lowest BCUT2D eigenvalue weighted by atomic mass is 10.2. The third-order valence-corrected chi connectivity index (χ3v) is 3.41. The van der Waals surface area contributed by atoms with E-state index >= 15 is 0 Å². The van der Waals surface area contributed by atoms with E-state index in [9.17, 15) is 4.79 Å². The molecule has 0 aliphatic heterocycles. The Bertz CT molecular complexity index is 823. The highest BCUT2D eigenvalue weighted by atomic mass is 16.1. The zero-order valence-electron chi connectivity index (χ0n) is 11.9. The van der Waals surface area contributed by atoms with E-state index in [0.717, 1.165) is 28.8 Å². The maximum atomic E-state index is 11.9. The van der Waals surface area contributed by atoms with Crippen LogP contribution in [0.5, 0.6) is 0 Å². The molecule has 2 aromatic heterocycles. The number of para-hydroxylation sites is 1. The number of nitrogens with one attached hydrogen (secondary N) is 1. The molecule has 0 spiro atoms. The Balaban J connectivity index is 2.00. The van der Waals surface area contributed by atoms with Crippen molar-refractivity contribution >= 4 is 16.6 Å². The Morgan fingerprint density at radius 3 is 2.90 bits per heavy atom. The van der Waals surface area contributed by atoms with Crippen LogP contribution >= 0.6 is 0 Å². The quantitative estimate of drug-likeness (QED) is 0.799. The van der Waals surface area contributed by atoms with Crippen molar-refractivity contribution in [1.82, 2.24) is 9.55 Å². The number of nitrogens with zero attached hydrogens (tertiary/aromatic N) is 2. The highest BCUT2D eigenvalue weighted by Crippen LogP contribution is 2.13. The number of aromatic nitrogens is 2. The fourth-order valence-electron chi connectivity index (χ4n) is 2.45. The van der Waals surface area contributed by atoms with Crippen molar-refractivity contribution in [1.29, 1.82) is 0 Å². The standard InChI is InChI=1S/C17H17N3O/c1-2-18-13-7-9-19-14(11-13)12-20-10-8-17(21)15-5-3-4-6-16(15)20/h3-11H,2,12H2,1H3,(H,18,19). The molecule has 0 saturated heterocycles. The second-order valence-corrected chi connectivity index (χ2v) is 4.89. The molecule has 0 radical (unpaired) electrons. The molecule has 4 nitrogen and oxygen atoms in total. The van der Waals surface area contributed by atoms with Crippen molar-refractivity contribution in [3.05, 3.63) is 70.8 Å². The first kappa shape index (κ1) is 13.4. The first-order valence-corrected chi connectivity index (χ1v) is 7.05. The van der Waals surface area contributed by atoms with Crippen molar-refractivity contribution < 1.29 is 0 Å². The van der Waals surface area contributed by atoms with Gasteiger partial charge >= 0.3 is 0 Å². The van der Waals surface area contributed by atoms with Gasteiger partial charge in [-0.15, -0.1) is 0 Å². The number of benzene rings is 1. The summed E-state index contributed by atoms with van der Waals surface area (Å²) >= 11 is 0. The van der Waals surface area contributed by atoms with E-state index in [1.54, 1.807) is 12.3 Å². The molecule has 4 heteroatoms. The highest BCUT2D eigenvalue weighted by Gasteiger charge is 2.04. The van der Waals surface area contributed by atoms with Gasteiger partial charge in [-0.2, -0.15) is 0 Å². The van der Waals surface area contributed by atoms with Crippen LogP contribution in [-0.2, 0) is 6.54 Å². The van der Waals surface area contributed by atoms with Crippen LogP contribution in [-0.4, -0.2) is 16.1 Å². The van der Waals surface area contributed by atoms with Crippen LogP contribution < -0.4 is 10.7 Å². The van der Waals surface area contributed by atoms with Gasteiger partial charge in [0.05, 0.1) is 17.8 Å². The molecule has 0 amide bonds. The molecule has 0 unspecified atom stereocenters. The lowest BCUT2D eigenvalue weighted by Gasteiger charge is -2.11. The smallest absolute Gasteiger partial charge is 0.189 e. The largest absolute Gasteiger partial charge is 0.385 e. The Kier molecular flexibility index (Phi) is 3.69. The molecule has 0 aliphatic rings. The number of anilines is 1. The molecule has 106 valence electrons. The molecule has 1 N–H and O–H groups in total. The van der Waals surface area contributed by atoms with Crippen molar-refractivity contribution in [2.24, 2.45) is 0 Å². The summed E-state index contributed by atoms with van der Waals surface area (Å²) in [6, 6.07) is 13.3. The zero-order chi connectivity index (χ0) is 14.7. The van der Waals surface area contributed by atoms with Gasteiger partial charge in [-0.25, -0.2) is 0 Å². The number of hydrogen-bond acceptors (Lipinski definition) is 3.